The molecule has 4 heteroatoms. The van der Waals surface area contributed by atoms with Gasteiger partial charge in [0.05, 0.1) is 13.2 Å². The normalized spacial score (nSPS) is 23.4. The fourth-order valence-electron chi connectivity index (χ4n) is 1.59. The lowest BCUT2D eigenvalue weighted by Crippen LogP contribution is -2.45. The van der Waals surface area contributed by atoms with E-state index in [0.29, 0.717) is 19.1 Å². The van der Waals surface area contributed by atoms with E-state index >= 15 is 0 Å². The molecule has 1 N–H and O–H groups in total. The Balaban J connectivity index is 1.59. The van der Waals surface area contributed by atoms with Gasteiger partial charge < -0.3 is 10.1 Å². The van der Waals surface area contributed by atoms with Gasteiger partial charge in [-0.3, -0.25) is 9.69 Å². The zero-order valence-electron chi connectivity index (χ0n) is 8.50. The first-order chi connectivity index (χ1) is 6.84. The molecule has 2 fully saturated rings. The zero-order chi connectivity index (χ0) is 9.80. The molecule has 0 atom stereocenters. The van der Waals surface area contributed by atoms with Crippen LogP contribution in [0.5, 0.6) is 0 Å². The molecule has 0 bridgehead atoms. The summed E-state index contributed by atoms with van der Waals surface area (Å²) in [6, 6.07) is 0. The Labute approximate surface area is 84.6 Å². The van der Waals surface area contributed by atoms with E-state index in [-0.39, 0.29) is 5.97 Å². The topological polar surface area (TPSA) is 41.6 Å². The van der Waals surface area contributed by atoms with E-state index in [2.05, 4.69) is 10.2 Å². The maximum absolute atomic E-state index is 11.4. The molecule has 0 unspecified atom stereocenters. The molecular weight excluding hydrogens is 180 g/mol. The summed E-state index contributed by atoms with van der Waals surface area (Å²) in [5.41, 5.74) is 0. The summed E-state index contributed by atoms with van der Waals surface area (Å²) in [4.78, 5) is 13.5. The summed E-state index contributed by atoms with van der Waals surface area (Å²) in [6.07, 6.45) is 2.47. The number of ether oxygens (including phenoxy) is 1. The Morgan fingerprint density at radius 2 is 2.07 bits per heavy atom. The highest BCUT2D eigenvalue weighted by Crippen LogP contribution is 2.28. The molecule has 1 aliphatic heterocycles. The largest absolute Gasteiger partial charge is 0.464 e. The third-order valence-corrected chi connectivity index (χ3v) is 2.74. The van der Waals surface area contributed by atoms with Crippen LogP contribution < -0.4 is 5.32 Å². The van der Waals surface area contributed by atoms with Crippen molar-refractivity contribution in [3.63, 3.8) is 0 Å². The molecule has 1 saturated heterocycles. The molecule has 2 rings (SSSR count). The van der Waals surface area contributed by atoms with Crippen molar-refractivity contribution in [3.05, 3.63) is 0 Å². The second kappa shape index (κ2) is 4.75. The molecule has 1 heterocycles. The molecule has 80 valence electrons. The lowest BCUT2D eigenvalue weighted by Gasteiger charge is -2.25. The quantitative estimate of drug-likeness (QED) is 0.638. The van der Waals surface area contributed by atoms with Crippen LogP contribution in [0, 0.1) is 5.92 Å². The zero-order valence-corrected chi connectivity index (χ0v) is 8.50. The molecule has 2 aliphatic rings. The molecule has 0 aromatic rings. The number of hydrogen-bond acceptors (Lipinski definition) is 4. The number of esters is 1. The standard InChI is InChI=1S/C10H18N2O2/c13-10(14-8-9-1-2-9)7-12-5-3-11-4-6-12/h9,11H,1-8H2. The van der Waals surface area contributed by atoms with Crippen LogP contribution in [0.4, 0.5) is 0 Å². The van der Waals surface area contributed by atoms with Crippen molar-refractivity contribution in [2.75, 3.05) is 39.3 Å². The van der Waals surface area contributed by atoms with Gasteiger partial charge in [-0.1, -0.05) is 0 Å². The highest BCUT2D eigenvalue weighted by atomic mass is 16.5. The third kappa shape index (κ3) is 3.27. The second-order valence-corrected chi connectivity index (χ2v) is 4.15. The molecule has 14 heavy (non-hydrogen) atoms. The summed E-state index contributed by atoms with van der Waals surface area (Å²) in [6.45, 7) is 4.99. The van der Waals surface area contributed by atoms with Crippen LogP contribution in [0.3, 0.4) is 0 Å². The van der Waals surface area contributed by atoms with Crippen molar-refractivity contribution in [1.29, 1.82) is 0 Å². The van der Waals surface area contributed by atoms with Gasteiger partial charge in [0.25, 0.3) is 0 Å². The van der Waals surface area contributed by atoms with Crippen LogP contribution in [0.15, 0.2) is 0 Å². The van der Waals surface area contributed by atoms with Gasteiger partial charge in [-0.2, -0.15) is 0 Å². The molecule has 4 nitrogen and oxygen atoms in total. The van der Waals surface area contributed by atoms with E-state index in [0.717, 1.165) is 26.2 Å². The van der Waals surface area contributed by atoms with Gasteiger partial charge in [0.1, 0.15) is 0 Å². The summed E-state index contributed by atoms with van der Waals surface area (Å²) in [5, 5.41) is 3.25. The summed E-state index contributed by atoms with van der Waals surface area (Å²) < 4.78 is 5.17. The minimum atomic E-state index is -0.0567. The summed E-state index contributed by atoms with van der Waals surface area (Å²) in [5.74, 6) is 0.612. The number of rotatable bonds is 4. The van der Waals surface area contributed by atoms with Crippen LogP contribution in [-0.2, 0) is 9.53 Å². The van der Waals surface area contributed by atoms with E-state index in [1.165, 1.54) is 12.8 Å². The van der Waals surface area contributed by atoms with Gasteiger partial charge in [0.15, 0.2) is 0 Å². The van der Waals surface area contributed by atoms with Gasteiger partial charge >= 0.3 is 5.97 Å². The van der Waals surface area contributed by atoms with E-state index in [1.54, 1.807) is 0 Å². The number of nitrogens with one attached hydrogen (secondary N) is 1. The molecule has 0 spiro atoms. The molecule has 0 aromatic carbocycles. The van der Waals surface area contributed by atoms with E-state index < -0.39 is 0 Å². The van der Waals surface area contributed by atoms with Gasteiger partial charge in [-0.25, -0.2) is 0 Å². The minimum Gasteiger partial charge on any atom is -0.464 e. The molecule has 1 aliphatic carbocycles. The molecular formula is C10H18N2O2. The summed E-state index contributed by atoms with van der Waals surface area (Å²) in [7, 11) is 0. The molecule has 0 amide bonds. The number of piperazine rings is 1. The second-order valence-electron chi connectivity index (χ2n) is 4.15. The van der Waals surface area contributed by atoms with Crippen molar-refractivity contribution in [3.8, 4) is 0 Å². The molecule has 0 radical (unpaired) electrons. The maximum Gasteiger partial charge on any atom is 0.320 e. The van der Waals surface area contributed by atoms with E-state index in [9.17, 15) is 4.79 Å². The number of nitrogens with zero attached hydrogens (tertiary/aromatic N) is 1. The first kappa shape index (κ1) is 9.93. The first-order valence-electron chi connectivity index (χ1n) is 5.43. The predicted molar refractivity (Wildman–Crippen MR) is 53.0 cm³/mol. The Hall–Kier alpha value is -0.610. The minimum absolute atomic E-state index is 0.0567. The monoisotopic (exact) mass is 198 g/mol. The average Bonchev–Trinajstić information content (AvgIpc) is 3.00. The maximum atomic E-state index is 11.4. The van der Waals surface area contributed by atoms with Gasteiger partial charge in [0.2, 0.25) is 0 Å². The Bertz CT molecular complexity index is 198. The Morgan fingerprint density at radius 3 is 2.71 bits per heavy atom. The van der Waals surface area contributed by atoms with Crippen LogP contribution in [0.1, 0.15) is 12.8 Å². The summed E-state index contributed by atoms with van der Waals surface area (Å²) >= 11 is 0. The average molecular weight is 198 g/mol. The van der Waals surface area contributed by atoms with E-state index in [4.69, 9.17) is 4.74 Å². The van der Waals surface area contributed by atoms with Gasteiger partial charge in [-0.15, -0.1) is 0 Å². The highest BCUT2D eigenvalue weighted by molar-refractivity contribution is 5.71. The van der Waals surface area contributed by atoms with Crippen LogP contribution in [-0.4, -0.2) is 50.2 Å². The lowest BCUT2D eigenvalue weighted by molar-refractivity contribution is -0.145. The smallest absolute Gasteiger partial charge is 0.320 e. The molecule has 1 saturated carbocycles. The lowest BCUT2D eigenvalue weighted by atomic mass is 10.3. The van der Waals surface area contributed by atoms with E-state index in [1.807, 2.05) is 0 Å². The fourth-order valence-corrected chi connectivity index (χ4v) is 1.59. The van der Waals surface area contributed by atoms with Gasteiger partial charge in [0, 0.05) is 26.2 Å². The first-order valence-corrected chi connectivity index (χ1v) is 5.43. The highest BCUT2D eigenvalue weighted by Gasteiger charge is 2.23. The third-order valence-electron chi connectivity index (χ3n) is 2.74. The number of hydrogen-bond donors (Lipinski definition) is 1. The van der Waals surface area contributed by atoms with Crippen molar-refractivity contribution >= 4 is 5.97 Å². The number of carbonyl (C=O) groups excluding carboxylic acids is 1. The van der Waals surface area contributed by atoms with Crippen LogP contribution >= 0.6 is 0 Å². The van der Waals surface area contributed by atoms with Crippen molar-refractivity contribution < 1.29 is 9.53 Å². The van der Waals surface area contributed by atoms with Crippen LogP contribution in [0.25, 0.3) is 0 Å². The molecule has 0 aromatic heterocycles. The Morgan fingerprint density at radius 1 is 1.36 bits per heavy atom. The number of carbonyl (C=O) groups is 1. The van der Waals surface area contributed by atoms with Crippen molar-refractivity contribution in [2.24, 2.45) is 5.92 Å². The van der Waals surface area contributed by atoms with Gasteiger partial charge in [-0.05, 0) is 18.8 Å². The van der Waals surface area contributed by atoms with Crippen LogP contribution in [0.2, 0.25) is 0 Å². The van der Waals surface area contributed by atoms with Crippen molar-refractivity contribution in [2.45, 2.75) is 12.8 Å². The predicted octanol–water partition coefficient (Wildman–Crippen LogP) is -0.155. The Kier molecular flexibility index (Phi) is 3.37. The van der Waals surface area contributed by atoms with Crippen molar-refractivity contribution in [1.82, 2.24) is 10.2 Å². The SMILES string of the molecule is O=C(CN1CCNCC1)OCC1CC1. The fraction of sp³-hybridized carbons (Fsp3) is 0.900.